The molecule has 2 aliphatic rings. The van der Waals surface area contributed by atoms with Crippen molar-refractivity contribution in [1.82, 2.24) is 4.90 Å². The number of aliphatic carboxylic acids is 1. The quantitative estimate of drug-likeness (QED) is 0.739. The Kier molecular flexibility index (Phi) is 5.65. The van der Waals surface area contributed by atoms with Crippen molar-refractivity contribution in [3.05, 3.63) is 60.2 Å². The second-order valence-electron chi connectivity index (χ2n) is 9.87. The number of carbonyl (C=O) groups excluding carboxylic acids is 1. The molecule has 1 aliphatic carbocycles. The SMILES string of the molecule is CC(C)(C)C1CCC2(CC1)OC[C@H](C(=O)O)N2C(=O)c1ccc(-c2ccccc2)cc1. The van der Waals surface area contributed by atoms with Gasteiger partial charge in [0, 0.05) is 5.56 Å². The summed E-state index contributed by atoms with van der Waals surface area (Å²) in [4.78, 5) is 27.0. The highest BCUT2D eigenvalue weighted by molar-refractivity contribution is 5.97. The molecule has 1 spiro atoms. The summed E-state index contributed by atoms with van der Waals surface area (Å²) in [6, 6.07) is 16.4. The largest absolute Gasteiger partial charge is 0.480 e. The van der Waals surface area contributed by atoms with Crippen molar-refractivity contribution < 1.29 is 19.4 Å². The summed E-state index contributed by atoms with van der Waals surface area (Å²) in [5.41, 5.74) is 1.96. The molecule has 1 heterocycles. The van der Waals surface area contributed by atoms with Crippen LogP contribution in [0.3, 0.4) is 0 Å². The maximum absolute atomic E-state index is 13.5. The van der Waals surface area contributed by atoms with Gasteiger partial charge < -0.3 is 9.84 Å². The van der Waals surface area contributed by atoms with Crippen LogP contribution in [0.5, 0.6) is 0 Å². The smallest absolute Gasteiger partial charge is 0.328 e. The minimum absolute atomic E-state index is 0.0450. The molecule has 1 saturated heterocycles. The monoisotopic (exact) mass is 421 g/mol. The minimum Gasteiger partial charge on any atom is -0.480 e. The van der Waals surface area contributed by atoms with E-state index in [0.717, 1.165) is 24.0 Å². The summed E-state index contributed by atoms with van der Waals surface area (Å²) in [6.07, 6.45) is 3.19. The van der Waals surface area contributed by atoms with Crippen molar-refractivity contribution in [3.8, 4) is 11.1 Å². The molecule has 1 aliphatic heterocycles. The molecule has 31 heavy (non-hydrogen) atoms. The first-order valence-electron chi connectivity index (χ1n) is 11.1. The molecule has 5 nitrogen and oxygen atoms in total. The zero-order valence-corrected chi connectivity index (χ0v) is 18.5. The van der Waals surface area contributed by atoms with Crippen LogP contribution >= 0.6 is 0 Å². The summed E-state index contributed by atoms with van der Waals surface area (Å²) in [5.74, 6) is -0.740. The Morgan fingerprint density at radius 1 is 0.968 bits per heavy atom. The Morgan fingerprint density at radius 2 is 1.55 bits per heavy atom. The average molecular weight is 422 g/mol. The van der Waals surface area contributed by atoms with E-state index in [1.54, 1.807) is 12.1 Å². The van der Waals surface area contributed by atoms with Gasteiger partial charge in [-0.15, -0.1) is 0 Å². The van der Waals surface area contributed by atoms with Gasteiger partial charge in [-0.3, -0.25) is 9.69 Å². The van der Waals surface area contributed by atoms with Crippen molar-refractivity contribution in [2.45, 2.75) is 58.2 Å². The second-order valence-corrected chi connectivity index (χ2v) is 9.87. The van der Waals surface area contributed by atoms with Gasteiger partial charge in [0.2, 0.25) is 0 Å². The fourth-order valence-electron chi connectivity index (χ4n) is 5.07. The standard InChI is InChI=1S/C26H31NO4/c1-25(2,3)21-13-15-26(16-14-21)27(22(17-31-26)24(29)30)23(28)20-11-9-19(10-12-20)18-7-5-4-6-8-18/h4-12,21-22H,13-17H2,1-3H3,(H,29,30)/t21?,22-,26?/m1/s1. The van der Waals surface area contributed by atoms with Crippen molar-refractivity contribution in [2.24, 2.45) is 11.3 Å². The topological polar surface area (TPSA) is 66.8 Å². The van der Waals surface area contributed by atoms with E-state index < -0.39 is 17.7 Å². The molecule has 2 aromatic carbocycles. The van der Waals surface area contributed by atoms with Crippen LogP contribution in [-0.4, -0.2) is 40.3 Å². The van der Waals surface area contributed by atoms with Crippen molar-refractivity contribution >= 4 is 11.9 Å². The van der Waals surface area contributed by atoms with Crippen LogP contribution in [0.4, 0.5) is 0 Å². The van der Waals surface area contributed by atoms with Crippen molar-refractivity contribution in [1.29, 1.82) is 0 Å². The Labute approximate surface area is 184 Å². The molecular weight excluding hydrogens is 390 g/mol. The fraction of sp³-hybridized carbons (Fsp3) is 0.462. The number of carboxylic acids is 1. The first-order valence-corrected chi connectivity index (χ1v) is 11.1. The predicted molar refractivity (Wildman–Crippen MR) is 120 cm³/mol. The number of ether oxygens (including phenoxy) is 1. The van der Waals surface area contributed by atoms with E-state index >= 15 is 0 Å². The number of rotatable bonds is 3. The van der Waals surface area contributed by atoms with Gasteiger partial charge in [0.15, 0.2) is 6.04 Å². The number of carboxylic acid groups (broad SMARTS) is 1. The van der Waals surface area contributed by atoms with Crippen molar-refractivity contribution in [3.63, 3.8) is 0 Å². The molecule has 5 heteroatoms. The second kappa shape index (κ2) is 8.12. The van der Waals surface area contributed by atoms with Gasteiger partial charge in [0.1, 0.15) is 5.72 Å². The van der Waals surface area contributed by atoms with Crippen LogP contribution in [0.15, 0.2) is 54.6 Å². The molecule has 2 aromatic rings. The molecule has 164 valence electrons. The lowest BCUT2D eigenvalue weighted by Gasteiger charge is -2.46. The van der Waals surface area contributed by atoms with E-state index in [4.69, 9.17) is 4.74 Å². The van der Waals surface area contributed by atoms with E-state index in [2.05, 4.69) is 20.8 Å². The Hall–Kier alpha value is -2.66. The lowest BCUT2D eigenvalue weighted by atomic mass is 9.70. The molecule has 1 atom stereocenters. The molecule has 0 unspecified atom stereocenters. The summed E-state index contributed by atoms with van der Waals surface area (Å²) in [7, 11) is 0. The number of benzene rings is 2. The molecule has 0 bridgehead atoms. The van der Waals surface area contributed by atoms with Crippen molar-refractivity contribution in [2.75, 3.05) is 6.61 Å². The van der Waals surface area contributed by atoms with Crippen LogP contribution in [0.2, 0.25) is 0 Å². The molecule has 1 saturated carbocycles. The highest BCUT2D eigenvalue weighted by Crippen LogP contribution is 2.47. The average Bonchev–Trinajstić information content (AvgIpc) is 3.12. The zero-order chi connectivity index (χ0) is 22.2. The first kappa shape index (κ1) is 21.6. The van der Waals surface area contributed by atoms with E-state index in [-0.39, 0.29) is 17.9 Å². The van der Waals surface area contributed by atoms with E-state index in [9.17, 15) is 14.7 Å². The fourth-order valence-corrected chi connectivity index (χ4v) is 5.07. The molecule has 1 amide bonds. The third-order valence-corrected chi connectivity index (χ3v) is 7.00. The summed E-state index contributed by atoms with van der Waals surface area (Å²) in [6.45, 7) is 6.76. The van der Waals surface area contributed by atoms with Crippen LogP contribution in [0, 0.1) is 11.3 Å². The van der Waals surface area contributed by atoms with E-state index in [0.29, 0.717) is 24.3 Å². The number of hydrogen-bond acceptors (Lipinski definition) is 3. The minimum atomic E-state index is -1.01. The van der Waals surface area contributed by atoms with Gasteiger partial charge in [-0.2, -0.15) is 0 Å². The molecule has 2 fully saturated rings. The van der Waals surface area contributed by atoms with Crippen LogP contribution in [0.25, 0.3) is 11.1 Å². The third-order valence-electron chi connectivity index (χ3n) is 7.00. The maximum Gasteiger partial charge on any atom is 0.328 e. The van der Waals surface area contributed by atoms with Gasteiger partial charge in [-0.05, 0) is 60.3 Å². The molecule has 4 rings (SSSR count). The number of hydrogen-bond donors (Lipinski definition) is 1. The highest BCUT2D eigenvalue weighted by Gasteiger charge is 2.54. The third kappa shape index (κ3) is 4.11. The first-order chi connectivity index (χ1) is 14.7. The van der Waals surface area contributed by atoms with Gasteiger partial charge >= 0.3 is 5.97 Å². The van der Waals surface area contributed by atoms with Crippen LogP contribution in [-0.2, 0) is 9.53 Å². The highest BCUT2D eigenvalue weighted by atomic mass is 16.5. The Bertz CT molecular complexity index is 938. The molecular formula is C26H31NO4. The van der Waals surface area contributed by atoms with Gasteiger partial charge in [0.05, 0.1) is 6.61 Å². The molecule has 1 N–H and O–H groups in total. The Morgan fingerprint density at radius 3 is 2.10 bits per heavy atom. The van der Waals surface area contributed by atoms with E-state index in [1.807, 2.05) is 42.5 Å². The molecule has 0 radical (unpaired) electrons. The lowest BCUT2D eigenvalue weighted by Crippen LogP contribution is -2.55. The number of amides is 1. The van der Waals surface area contributed by atoms with E-state index in [1.165, 1.54) is 4.90 Å². The summed E-state index contributed by atoms with van der Waals surface area (Å²) < 4.78 is 6.09. The van der Waals surface area contributed by atoms with Crippen LogP contribution < -0.4 is 0 Å². The zero-order valence-electron chi connectivity index (χ0n) is 18.5. The van der Waals surface area contributed by atoms with Gasteiger partial charge in [-0.1, -0.05) is 63.2 Å². The maximum atomic E-state index is 13.5. The summed E-state index contributed by atoms with van der Waals surface area (Å²) >= 11 is 0. The number of carbonyl (C=O) groups is 2. The summed E-state index contributed by atoms with van der Waals surface area (Å²) in [5, 5.41) is 9.79. The van der Waals surface area contributed by atoms with Crippen LogP contribution in [0.1, 0.15) is 56.8 Å². The van der Waals surface area contributed by atoms with Gasteiger partial charge in [0.25, 0.3) is 5.91 Å². The van der Waals surface area contributed by atoms with Gasteiger partial charge in [-0.25, -0.2) is 4.79 Å². The number of nitrogens with zero attached hydrogens (tertiary/aromatic N) is 1. The normalized spacial score (nSPS) is 26.2. The Balaban J connectivity index is 1.60. The lowest BCUT2D eigenvalue weighted by molar-refractivity contribution is -0.144. The predicted octanol–water partition coefficient (Wildman–Crippen LogP) is 5.21. The molecule has 0 aromatic heterocycles.